The average molecular weight is 288 g/mol. The Morgan fingerprint density at radius 3 is 2.25 bits per heavy atom. The number of urea groups is 1. The lowest BCUT2D eigenvalue weighted by molar-refractivity contribution is -0.140. The first-order valence-electron chi connectivity index (χ1n) is 7.17. The Labute approximate surface area is 121 Å². The van der Waals surface area contributed by atoms with Crippen molar-refractivity contribution in [2.45, 2.75) is 52.6 Å². The van der Waals surface area contributed by atoms with Gasteiger partial charge in [-0.25, -0.2) is 9.59 Å². The van der Waals surface area contributed by atoms with E-state index in [1.807, 2.05) is 27.7 Å². The zero-order chi connectivity index (χ0) is 15.7. The van der Waals surface area contributed by atoms with Crippen LogP contribution in [0.5, 0.6) is 0 Å². The molecule has 20 heavy (non-hydrogen) atoms. The Balaban J connectivity index is 4.82. The normalized spacial score (nSPS) is 15.2. The molecule has 0 rings (SSSR count). The lowest BCUT2D eigenvalue weighted by Crippen LogP contribution is -2.53. The third-order valence-corrected chi connectivity index (χ3v) is 3.68. The fourth-order valence-corrected chi connectivity index (χ4v) is 1.83. The van der Waals surface area contributed by atoms with Gasteiger partial charge in [-0.1, -0.05) is 27.2 Å². The second-order valence-corrected chi connectivity index (χ2v) is 5.09. The minimum atomic E-state index is -0.997. The molecule has 6 nitrogen and oxygen atoms in total. The average Bonchev–Trinajstić information content (AvgIpc) is 2.43. The quantitative estimate of drug-likeness (QED) is 0.679. The molecule has 0 aliphatic rings. The van der Waals surface area contributed by atoms with Gasteiger partial charge in [0, 0.05) is 19.7 Å². The summed E-state index contributed by atoms with van der Waals surface area (Å²) in [4.78, 5) is 25.2. The predicted octanol–water partition coefficient (Wildman–Crippen LogP) is 1.94. The summed E-state index contributed by atoms with van der Waals surface area (Å²) in [7, 11) is 1.58. The number of rotatable bonds is 9. The second kappa shape index (κ2) is 9.58. The summed E-state index contributed by atoms with van der Waals surface area (Å²) in [6.07, 6.45) is 1.50. The van der Waals surface area contributed by atoms with Gasteiger partial charge in [0.15, 0.2) is 0 Å². The summed E-state index contributed by atoms with van der Waals surface area (Å²) in [5.74, 6) is -1.11. The molecule has 2 amide bonds. The van der Waals surface area contributed by atoms with Crippen molar-refractivity contribution in [3.05, 3.63) is 0 Å². The van der Waals surface area contributed by atoms with E-state index in [9.17, 15) is 14.7 Å². The predicted molar refractivity (Wildman–Crippen MR) is 77.7 cm³/mol. The third-order valence-electron chi connectivity index (χ3n) is 3.68. The Morgan fingerprint density at radius 2 is 1.85 bits per heavy atom. The van der Waals surface area contributed by atoms with Crippen molar-refractivity contribution in [2.75, 3.05) is 20.3 Å². The van der Waals surface area contributed by atoms with Gasteiger partial charge in [-0.05, 0) is 19.3 Å². The molecule has 0 aliphatic carbocycles. The van der Waals surface area contributed by atoms with Gasteiger partial charge in [0.25, 0.3) is 0 Å². The highest BCUT2D eigenvalue weighted by atomic mass is 16.5. The first-order valence-corrected chi connectivity index (χ1v) is 7.17. The van der Waals surface area contributed by atoms with E-state index >= 15 is 0 Å². The first kappa shape index (κ1) is 18.7. The number of carboxylic acids is 1. The summed E-state index contributed by atoms with van der Waals surface area (Å²) >= 11 is 0. The maximum absolute atomic E-state index is 12.3. The smallest absolute Gasteiger partial charge is 0.326 e. The van der Waals surface area contributed by atoms with Crippen molar-refractivity contribution < 1.29 is 19.4 Å². The molecular weight excluding hydrogens is 260 g/mol. The van der Waals surface area contributed by atoms with Gasteiger partial charge in [0.05, 0.1) is 6.61 Å². The molecule has 0 fully saturated rings. The number of hydrogen-bond donors (Lipinski definition) is 2. The van der Waals surface area contributed by atoms with Gasteiger partial charge in [-0.3, -0.25) is 0 Å². The molecule has 118 valence electrons. The van der Waals surface area contributed by atoms with Crippen LogP contribution < -0.4 is 5.32 Å². The lowest BCUT2D eigenvalue weighted by Gasteiger charge is -2.31. The Morgan fingerprint density at radius 1 is 1.25 bits per heavy atom. The van der Waals surface area contributed by atoms with Crippen LogP contribution in [0.25, 0.3) is 0 Å². The van der Waals surface area contributed by atoms with Gasteiger partial charge in [-0.15, -0.1) is 0 Å². The molecule has 0 aromatic rings. The summed E-state index contributed by atoms with van der Waals surface area (Å²) < 4.78 is 5.00. The number of aliphatic carboxylic acids is 1. The Hall–Kier alpha value is -1.30. The number of carboxylic acid groups (broad SMARTS) is 1. The maximum atomic E-state index is 12.3. The van der Waals surface area contributed by atoms with Crippen molar-refractivity contribution in [1.29, 1.82) is 0 Å². The number of nitrogens with one attached hydrogen (secondary N) is 1. The molecule has 0 saturated heterocycles. The van der Waals surface area contributed by atoms with Crippen molar-refractivity contribution in [2.24, 2.45) is 5.92 Å². The van der Waals surface area contributed by atoms with Crippen molar-refractivity contribution in [3.8, 4) is 0 Å². The van der Waals surface area contributed by atoms with E-state index in [0.717, 1.165) is 6.42 Å². The number of hydrogen-bond acceptors (Lipinski definition) is 3. The number of amides is 2. The maximum Gasteiger partial charge on any atom is 0.326 e. The van der Waals surface area contributed by atoms with E-state index in [-0.39, 0.29) is 18.0 Å². The van der Waals surface area contributed by atoms with Crippen LogP contribution in [-0.4, -0.2) is 54.4 Å². The summed E-state index contributed by atoms with van der Waals surface area (Å²) in [6, 6.07) is -1.16. The van der Waals surface area contributed by atoms with Gasteiger partial charge < -0.3 is 20.1 Å². The summed E-state index contributed by atoms with van der Waals surface area (Å²) in [5.41, 5.74) is 0. The van der Waals surface area contributed by atoms with Crippen molar-refractivity contribution in [3.63, 3.8) is 0 Å². The molecular formula is C14H28N2O4. The zero-order valence-electron chi connectivity index (χ0n) is 13.2. The highest BCUT2D eigenvalue weighted by Crippen LogP contribution is 2.10. The van der Waals surface area contributed by atoms with Crippen LogP contribution in [0.4, 0.5) is 4.79 Å². The molecule has 0 aliphatic heterocycles. The van der Waals surface area contributed by atoms with Gasteiger partial charge in [0.2, 0.25) is 0 Å². The molecule has 2 N–H and O–H groups in total. The number of carbonyl (C=O) groups is 2. The zero-order valence-corrected chi connectivity index (χ0v) is 13.2. The summed E-state index contributed by atoms with van der Waals surface area (Å²) in [5, 5.41) is 11.8. The molecule has 0 heterocycles. The molecule has 0 aromatic carbocycles. The van der Waals surface area contributed by atoms with Crippen LogP contribution in [0, 0.1) is 5.92 Å². The topological polar surface area (TPSA) is 78.9 Å². The number of methoxy groups -OCH3 is 1. The SMILES string of the molecule is CCC(C)C(NC(=O)N(CCOC)C(C)CC)C(=O)O. The molecule has 0 saturated carbocycles. The Bertz CT molecular complexity index is 310. The highest BCUT2D eigenvalue weighted by Gasteiger charge is 2.28. The first-order chi connectivity index (χ1) is 9.38. The molecule has 0 radical (unpaired) electrons. The van der Waals surface area contributed by atoms with Crippen LogP contribution in [-0.2, 0) is 9.53 Å². The van der Waals surface area contributed by atoms with Crippen LogP contribution >= 0.6 is 0 Å². The van der Waals surface area contributed by atoms with Gasteiger partial charge in [-0.2, -0.15) is 0 Å². The fraction of sp³-hybridized carbons (Fsp3) is 0.857. The van der Waals surface area contributed by atoms with Crippen LogP contribution in [0.1, 0.15) is 40.5 Å². The van der Waals surface area contributed by atoms with Gasteiger partial charge in [0.1, 0.15) is 6.04 Å². The fourth-order valence-electron chi connectivity index (χ4n) is 1.83. The van der Waals surface area contributed by atoms with E-state index in [0.29, 0.717) is 19.6 Å². The van der Waals surface area contributed by atoms with E-state index in [1.54, 1.807) is 12.0 Å². The van der Waals surface area contributed by atoms with Crippen LogP contribution in [0.2, 0.25) is 0 Å². The largest absolute Gasteiger partial charge is 0.480 e. The monoisotopic (exact) mass is 288 g/mol. The van der Waals surface area contributed by atoms with Gasteiger partial charge >= 0.3 is 12.0 Å². The Kier molecular flexibility index (Phi) is 8.96. The minimum Gasteiger partial charge on any atom is -0.480 e. The van der Waals surface area contributed by atoms with Crippen molar-refractivity contribution >= 4 is 12.0 Å². The standard InChI is InChI=1S/C14H28N2O4/c1-6-10(3)12(13(17)18)15-14(19)16(8-9-20-5)11(4)7-2/h10-12H,6-9H2,1-5H3,(H,15,19)(H,17,18). The van der Waals surface area contributed by atoms with Crippen LogP contribution in [0.15, 0.2) is 0 Å². The van der Waals surface area contributed by atoms with E-state index < -0.39 is 12.0 Å². The van der Waals surface area contributed by atoms with Crippen LogP contribution in [0.3, 0.4) is 0 Å². The molecule has 0 bridgehead atoms. The molecule has 3 unspecified atom stereocenters. The van der Waals surface area contributed by atoms with E-state index in [2.05, 4.69) is 5.32 Å². The molecule has 3 atom stereocenters. The minimum absolute atomic E-state index is 0.0385. The molecule has 0 spiro atoms. The molecule has 6 heteroatoms. The van der Waals surface area contributed by atoms with Crippen molar-refractivity contribution in [1.82, 2.24) is 10.2 Å². The van der Waals surface area contributed by atoms with E-state index in [4.69, 9.17) is 4.74 Å². The third kappa shape index (κ3) is 5.77. The summed E-state index contributed by atoms with van der Waals surface area (Å²) in [6.45, 7) is 8.53. The van der Waals surface area contributed by atoms with E-state index in [1.165, 1.54) is 0 Å². The highest BCUT2D eigenvalue weighted by molar-refractivity contribution is 5.83. The number of ether oxygens (including phenoxy) is 1. The number of carbonyl (C=O) groups excluding carboxylic acids is 1. The second-order valence-electron chi connectivity index (χ2n) is 5.09. The number of nitrogens with zero attached hydrogens (tertiary/aromatic N) is 1. The lowest BCUT2D eigenvalue weighted by atomic mass is 9.99. The molecule has 0 aromatic heterocycles.